The van der Waals surface area contributed by atoms with Gasteiger partial charge in [0.1, 0.15) is 5.75 Å². The third-order valence-corrected chi connectivity index (χ3v) is 4.03. The van der Waals surface area contributed by atoms with Gasteiger partial charge in [0.15, 0.2) is 0 Å². The lowest BCUT2D eigenvalue weighted by Gasteiger charge is -2.26. The molecule has 0 aromatic heterocycles. The Hall–Kier alpha value is -1.80. The van der Waals surface area contributed by atoms with Crippen LogP contribution in [0, 0.1) is 0 Å². The quantitative estimate of drug-likeness (QED) is 0.921. The molecular formula is C18H21NO. The second-order valence-electron chi connectivity index (χ2n) is 5.82. The van der Waals surface area contributed by atoms with Gasteiger partial charge in [-0.3, -0.25) is 0 Å². The minimum absolute atomic E-state index is 0.194. The fourth-order valence-electron chi connectivity index (χ4n) is 3.04. The van der Waals surface area contributed by atoms with E-state index in [0.717, 1.165) is 18.6 Å². The molecule has 20 heavy (non-hydrogen) atoms. The van der Waals surface area contributed by atoms with E-state index in [0.29, 0.717) is 0 Å². The van der Waals surface area contributed by atoms with Crippen LogP contribution in [0.2, 0.25) is 0 Å². The topological polar surface area (TPSA) is 35.2 Å². The minimum Gasteiger partial charge on any atom is -0.491 e. The largest absolute Gasteiger partial charge is 0.491 e. The molecule has 0 amide bonds. The molecule has 0 heterocycles. The highest BCUT2D eigenvalue weighted by atomic mass is 16.5. The summed E-state index contributed by atoms with van der Waals surface area (Å²) >= 11 is 0. The summed E-state index contributed by atoms with van der Waals surface area (Å²) in [6.07, 6.45) is 2.22. The van der Waals surface area contributed by atoms with Gasteiger partial charge in [-0.05, 0) is 55.5 Å². The van der Waals surface area contributed by atoms with Gasteiger partial charge in [0.25, 0.3) is 0 Å². The van der Waals surface area contributed by atoms with Gasteiger partial charge < -0.3 is 10.5 Å². The lowest BCUT2D eigenvalue weighted by Crippen LogP contribution is -2.35. The van der Waals surface area contributed by atoms with E-state index in [-0.39, 0.29) is 11.6 Å². The molecule has 2 aromatic rings. The second-order valence-corrected chi connectivity index (χ2v) is 5.82. The third kappa shape index (κ3) is 2.20. The average Bonchev–Trinajstić information content (AvgIpc) is 2.78. The van der Waals surface area contributed by atoms with Crippen LogP contribution in [0.5, 0.6) is 5.75 Å². The number of hydrogen-bond acceptors (Lipinski definition) is 2. The maximum atomic E-state index is 6.70. The molecule has 3 rings (SSSR count). The smallest absolute Gasteiger partial charge is 0.119 e. The first kappa shape index (κ1) is 13.2. The Morgan fingerprint density at radius 2 is 1.75 bits per heavy atom. The van der Waals surface area contributed by atoms with Crippen LogP contribution < -0.4 is 10.5 Å². The fourth-order valence-corrected chi connectivity index (χ4v) is 3.04. The summed E-state index contributed by atoms with van der Waals surface area (Å²) in [6, 6.07) is 16.7. The van der Waals surface area contributed by atoms with Gasteiger partial charge in [-0.15, -0.1) is 0 Å². The van der Waals surface area contributed by atoms with E-state index in [9.17, 15) is 0 Å². The van der Waals surface area contributed by atoms with Gasteiger partial charge >= 0.3 is 0 Å². The van der Waals surface area contributed by atoms with E-state index in [2.05, 4.69) is 36.4 Å². The van der Waals surface area contributed by atoms with Gasteiger partial charge in [0.05, 0.1) is 11.6 Å². The van der Waals surface area contributed by atoms with E-state index < -0.39 is 0 Å². The van der Waals surface area contributed by atoms with Crippen LogP contribution in [0.3, 0.4) is 0 Å². The zero-order chi connectivity index (χ0) is 14.2. The van der Waals surface area contributed by atoms with Crippen LogP contribution in [0.4, 0.5) is 0 Å². The molecule has 1 unspecified atom stereocenters. The lowest BCUT2D eigenvalue weighted by atomic mass is 9.85. The minimum atomic E-state index is -0.354. The summed E-state index contributed by atoms with van der Waals surface area (Å²) in [5.41, 5.74) is 10.1. The van der Waals surface area contributed by atoms with Crippen molar-refractivity contribution in [2.45, 2.75) is 38.3 Å². The molecule has 1 atom stereocenters. The Morgan fingerprint density at radius 3 is 2.45 bits per heavy atom. The molecule has 0 spiro atoms. The number of ether oxygens (including phenoxy) is 1. The van der Waals surface area contributed by atoms with Gasteiger partial charge in [-0.1, -0.05) is 36.4 Å². The van der Waals surface area contributed by atoms with Crippen LogP contribution >= 0.6 is 0 Å². The molecule has 0 aliphatic heterocycles. The van der Waals surface area contributed by atoms with E-state index >= 15 is 0 Å². The van der Waals surface area contributed by atoms with Gasteiger partial charge in [-0.2, -0.15) is 0 Å². The zero-order valence-corrected chi connectivity index (χ0v) is 12.1. The number of fused-ring (bicyclic) bond motifs is 1. The molecule has 0 fully saturated rings. The molecule has 0 radical (unpaired) electrons. The highest BCUT2D eigenvalue weighted by Crippen LogP contribution is 2.40. The average molecular weight is 267 g/mol. The second kappa shape index (κ2) is 4.95. The van der Waals surface area contributed by atoms with Crippen molar-refractivity contribution in [2.24, 2.45) is 5.73 Å². The summed E-state index contributed by atoms with van der Waals surface area (Å²) < 4.78 is 5.69. The van der Waals surface area contributed by atoms with Crippen molar-refractivity contribution in [1.82, 2.24) is 0 Å². The highest BCUT2D eigenvalue weighted by molar-refractivity contribution is 5.47. The maximum absolute atomic E-state index is 6.70. The number of nitrogens with two attached hydrogens (primary N) is 1. The van der Waals surface area contributed by atoms with Crippen LogP contribution in [0.1, 0.15) is 37.0 Å². The van der Waals surface area contributed by atoms with E-state index in [1.165, 1.54) is 16.7 Å². The molecule has 0 saturated carbocycles. The summed E-state index contributed by atoms with van der Waals surface area (Å²) in [4.78, 5) is 0. The molecule has 2 N–H and O–H groups in total. The third-order valence-electron chi connectivity index (χ3n) is 4.03. The first-order chi connectivity index (χ1) is 9.59. The highest BCUT2D eigenvalue weighted by Gasteiger charge is 2.36. The van der Waals surface area contributed by atoms with Gasteiger partial charge in [0.2, 0.25) is 0 Å². The van der Waals surface area contributed by atoms with Crippen molar-refractivity contribution < 1.29 is 4.74 Å². The van der Waals surface area contributed by atoms with Crippen LogP contribution in [0.25, 0.3) is 0 Å². The number of rotatable bonds is 3. The van der Waals surface area contributed by atoms with Crippen molar-refractivity contribution in [3.05, 3.63) is 65.2 Å². The van der Waals surface area contributed by atoms with Gasteiger partial charge in [-0.25, -0.2) is 0 Å². The molecule has 104 valence electrons. The molecule has 0 bridgehead atoms. The summed E-state index contributed by atoms with van der Waals surface area (Å²) in [5, 5.41) is 0. The number of benzene rings is 2. The maximum Gasteiger partial charge on any atom is 0.119 e. The standard InChI is InChI=1S/C18H21NO/c1-13(2)20-16-9-7-15(8-10-16)18(19)12-11-14-5-3-4-6-17(14)18/h3-10,13H,11-12,19H2,1-2H3. The monoisotopic (exact) mass is 267 g/mol. The molecule has 2 aromatic carbocycles. The van der Waals surface area contributed by atoms with E-state index in [1.54, 1.807) is 0 Å². The van der Waals surface area contributed by atoms with E-state index in [4.69, 9.17) is 10.5 Å². The van der Waals surface area contributed by atoms with Crippen molar-refractivity contribution in [2.75, 3.05) is 0 Å². The predicted octanol–water partition coefficient (Wildman–Crippen LogP) is 3.62. The first-order valence-electron chi connectivity index (χ1n) is 7.24. The Morgan fingerprint density at radius 1 is 1.05 bits per heavy atom. The molecule has 0 saturated heterocycles. The van der Waals surface area contributed by atoms with Crippen molar-refractivity contribution in [3.8, 4) is 5.75 Å². The van der Waals surface area contributed by atoms with E-state index in [1.807, 2.05) is 26.0 Å². The summed E-state index contributed by atoms with van der Waals surface area (Å²) in [7, 11) is 0. The fraction of sp³-hybridized carbons (Fsp3) is 0.333. The summed E-state index contributed by atoms with van der Waals surface area (Å²) in [5.74, 6) is 0.902. The number of aryl methyl sites for hydroxylation is 1. The van der Waals surface area contributed by atoms with Crippen molar-refractivity contribution in [3.63, 3.8) is 0 Å². The Kier molecular flexibility index (Phi) is 3.27. The Labute approximate surface area is 120 Å². The van der Waals surface area contributed by atoms with Gasteiger partial charge in [0, 0.05) is 0 Å². The number of hydrogen-bond donors (Lipinski definition) is 1. The molecule has 1 aliphatic rings. The summed E-state index contributed by atoms with van der Waals surface area (Å²) in [6.45, 7) is 4.07. The van der Waals surface area contributed by atoms with Crippen LogP contribution in [0.15, 0.2) is 48.5 Å². The molecule has 1 aliphatic carbocycles. The predicted molar refractivity (Wildman–Crippen MR) is 81.9 cm³/mol. The SMILES string of the molecule is CC(C)Oc1ccc(C2(N)CCc3ccccc32)cc1. The van der Waals surface area contributed by atoms with Crippen LogP contribution in [-0.2, 0) is 12.0 Å². The molecule has 2 nitrogen and oxygen atoms in total. The van der Waals surface area contributed by atoms with Crippen LogP contribution in [-0.4, -0.2) is 6.10 Å². The zero-order valence-electron chi connectivity index (χ0n) is 12.1. The normalized spacial score (nSPS) is 21.0. The van der Waals surface area contributed by atoms with Crippen molar-refractivity contribution >= 4 is 0 Å². The molecular weight excluding hydrogens is 246 g/mol. The lowest BCUT2D eigenvalue weighted by molar-refractivity contribution is 0.242. The Bertz CT molecular complexity index is 603. The Balaban J connectivity index is 1.93. The molecule has 2 heteroatoms. The first-order valence-corrected chi connectivity index (χ1v) is 7.24. The van der Waals surface area contributed by atoms with Crippen molar-refractivity contribution in [1.29, 1.82) is 0 Å².